The first-order chi connectivity index (χ1) is 10.7. The van der Waals surface area contributed by atoms with Crippen molar-refractivity contribution in [1.82, 2.24) is 0 Å². The van der Waals surface area contributed by atoms with Crippen molar-refractivity contribution in [1.29, 1.82) is 0 Å². The zero-order chi connectivity index (χ0) is 15.8. The molecule has 22 heavy (non-hydrogen) atoms. The molecule has 2 aromatic carbocycles. The number of nitrogens with one attached hydrogen (secondary N) is 1. The molecule has 2 aromatic rings. The molecule has 0 atom stereocenters. The monoisotopic (exact) mass is 296 g/mol. The van der Waals surface area contributed by atoms with Gasteiger partial charge in [0.25, 0.3) is 0 Å². The number of anilines is 2. The van der Waals surface area contributed by atoms with Crippen LogP contribution < -0.4 is 10.2 Å². The van der Waals surface area contributed by atoms with Gasteiger partial charge in [0.1, 0.15) is 0 Å². The molecule has 0 bridgehead atoms. The van der Waals surface area contributed by atoms with Crippen molar-refractivity contribution < 1.29 is 4.79 Å². The van der Waals surface area contributed by atoms with E-state index in [4.69, 9.17) is 0 Å². The number of rotatable bonds is 7. The van der Waals surface area contributed by atoms with Crippen molar-refractivity contribution in [3.8, 4) is 0 Å². The Bertz CT molecular complexity index is 578. The Morgan fingerprint density at radius 2 is 1.68 bits per heavy atom. The SMILES string of the molecule is CCCC(=O)Nc1ccc(N(CC)Cc2ccccc2)cc1. The van der Waals surface area contributed by atoms with Crippen LogP contribution in [0.2, 0.25) is 0 Å². The van der Waals surface area contributed by atoms with Gasteiger partial charge >= 0.3 is 0 Å². The molecule has 0 aliphatic rings. The molecule has 2 rings (SSSR count). The molecule has 3 heteroatoms. The third kappa shape index (κ3) is 4.62. The lowest BCUT2D eigenvalue weighted by Crippen LogP contribution is -2.21. The van der Waals surface area contributed by atoms with Crippen LogP contribution in [0.15, 0.2) is 54.6 Å². The lowest BCUT2D eigenvalue weighted by atomic mass is 10.2. The Hall–Kier alpha value is -2.29. The lowest BCUT2D eigenvalue weighted by molar-refractivity contribution is -0.116. The van der Waals surface area contributed by atoms with Gasteiger partial charge in [0.05, 0.1) is 0 Å². The van der Waals surface area contributed by atoms with Crippen molar-refractivity contribution >= 4 is 17.3 Å². The largest absolute Gasteiger partial charge is 0.367 e. The highest BCUT2D eigenvalue weighted by atomic mass is 16.1. The molecule has 0 aliphatic carbocycles. The maximum Gasteiger partial charge on any atom is 0.224 e. The quantitative estimate of drug-likeness (QED) is 0.818. The van der Waals surface area contributed by atoms with Crippen molar-refractivity contribution in [3.63, 3.8) is 0 Å². The summed E-state index contributed by atoms with van der Waals surface area (Å²) in [5.74, 6) is 0.0758. The summed E-state index contributed by atoms with van der Waals surface area (Å²) in [4.78, 5) is 13.9. The molecule has 0 unspecified atom stereocenters. The Balaban J connectivity index is 2.02. The number of hydrogen-bond donors (Lipinski definition) is 1. The molecule has 0 radical (unpaired) electrons. The van der Waals surface area contributed by atoms with Gasteiger partial charge in [-0.15, -0.1) is 0 Å². The standard InChI is InChI=1S/C19H24N2O/c1-3-8-19(22)20-17-11-13-18(14-12-17)21(4-2)15-16-9-6-5-7-10-16/h5-7,9-14H,3-4,8,15H2,1-2H3,(H,20,22). The van der Waals surface area contributed by atoms with Crippen LogP contribution in [0.4, 0.5) is 11.4 Å². The summed E-state index contributed by atoms with van der Waals surface area (Å²) in [7, 11) is 0. The normalized spacial score (nSPS) is 10.3. The van der Waals surface area contributed by atoms with Crippen molar-refractivity contribution in [3.05, 3.63) is 60.2 Å². The molecule has 0 aliphatic heterocycles. The predicted molar refractivity (Wildman–Crippen MR) is 93.1 cm³/mol. The van der Waals surface area contributed by atoms with E-state index in [0.29, 0.717) is 6.42 Å². The average molecular weight is 296 g/mol. The third-order valence-electron chi connectivity index (χ3n) is 3.59. The molecule has 0 heterocycles. The maximum atomic E-state index is 11.6. The van der Waals surface area contributed by atoms with E-state index < -0.39 is 0 Å². The summed E-state index contributed by atoms with van der Waals surface area (Å²) in [6, 6.07) is 18.5. The summed E-state index contributed by atoms with van der Waals surface area (Å²) < 4.78 is 0. The molecular weight excluding hydrogens is 272 g/mol. The highest BCUT2D eigenvalue weighted by molar-refractivity contribution is 5.90. The first-order valence-electron chi connectivity index (χ1n) is 7.91. The molecule has 0 aromatic heterocycles. The van der Waals surface area contributed by atoms with E-state index in [1.807, 2.05) is 25.1 Å². The van der Waals surface area contributed by atoms with E-state index in [0.717, 1.165) is 25.2 Å². The van der Waals surface area contributed by atoms with E-state index >= 15 is 0 Å². The Morgan fingerprint density at radius 1 is 1.00 bits per heavy atom. The zero-order valence-electron chi connectivity index (χ0n) is 13.4. The van der Waals surface area contributed by atoms with Crippen LogP contribution in [-0.4, -0.2) is 12.5 Å². The second-order valence-electron chi connectivity index (χ2n) is 5.34. The minimum atomic E-state index is 0.0758. The molecule has 1 N–H and O–H groups in total. The predicted octanol–water partition coefficient (Wildman–Crippen LogP) is 4.45. The fourth-order valence-corrected chi connectivity index (χ4v) is 2.40. The molecule has 0 saturated carbocycles. The van der Waals surface area contributed by atoms with Gasteiger partial charge in [0.15, 0.2) is 0 Å². The van der Waals surface area contributed by atoms with Gasteiger partial charge in [-0.05, 0) is 43.2 Å². The van der Waals surface area contributed by atoms with E-state index in [2.05, 4.69) is 53.5 Å². The van der Waals surface area contributed by atoms with Gasteiger partial charge in [0.2, 0.25) is 5.91 Å². The number of amides is 1. The van der Waals surface area contributed by atoms with Crippen LogP contribution in [0.3, 0.4) is 0 Å². The van der Waals surface area contributed by atoms with Gasteiger partial charge in [-0.3, -0.25) is 4.79 Å². The lowest BCUT2D eigenvalue weighted by Gasteiger charge is -2.23. The molecule has 3 nitrogen and oxygen atoms in total. The Labute approximate surface area is 133 Å². The van der Waals surface area contributed by atoms with Crippen LogP contribution in [-0.2, 0) is 11.3 Å². The summed E-state index contributed by atoms with van der Waals surface area (Å²) in [6.45, 7) is 5.99. The molecule has 0 saturated heterocycles. The van der Waals surface area contributed by atoms with E-state index in [1.54, 1.807) is 0 Å². The summed E-state index contributed by atoms with van der Waals surface area (Å²) >= 11 is 0. The van der Waals surface area contributed by atoms with Crippen LogP contribution in [0.1, 0.15) is 32.3 Å². The third-order valence-corrected chi connectivity index (χ3v) is 3.59. The summed E-state index contributed by atoms with van der Waals surface area (Å²) in [6.07, 6.45) is 1.43. The van der Waals surface area contributed by atoms with Gasteiger partial charge < -0.3 is 10.2 Å². The highest BCUT2D eigenvalue weighted by Gasteiger charge is 2.06. The first kappa shape index (κ1) is 16.1. The highest BCUT2D eigenvalue weighted by Crippen LogP contribution is 2.20. The van der Waals surface area contributed by atoms with E-state index in [1.165, 1.54) is 11.3 Å². The molecule has 1 amide bonds. The van der Waals surface area contributed by atoms with Gasteiger partial charge in [-0.1, -0.05) is 37.3 Å². The number of carbonyl (C=O) groups excluding carboxylic acids is 1. The van der Waals surface area contributed by atoms with Crippen LogP contribution >= 0.6 is 0 Å². The smallest absolute Gasteiger partial charge is 0.224 e. The second kappa shape index (κ2) is 8.23. The summed E-state index contributed by atoms with van der Waals surface area (Å²) in [5.41, 5.74) is 3.32. The van der Waals surface area contributed by atoms with E-state index in [-0.39, 0.29) is 5.91 Å². The fraction of sp³-hybridized carbons (Fsp3) is 0.316. The topological polar surface area (TPSA) is 32.3 Å². The fourth-order valence-electron chi connectivity index (χ4n) is 2.40. The maximum absolute atomic E-state index is 11.6. The Morgan fingerprint density at radius 3 is 2.27 bits per heavy atom. The van der Waals surface area contributed by atoms with Gasteiger partial charge in [0, 0.05) is 30.9 Å². The van der Waals surface area contributed by atoms with Crippen LogP contribution in [0.25, 0.3) is 0 Å². The minimum Gasteiger partial charge on any atom is -0.367 e. The molecule has 0 spiro atoms. The first-order valence-corrected chi connectivity index (χ1v) is 7.91. The number of hydrogen-bond acceptors (Lipinski definition) is 2. The van der Waals surface area contributed by atoms with Gasteiger partial charge in [-0.25, -0.2) is 0 Å². The van der Waals surface area contributed by atoms with Gasteiger partial charge in [-0.2, -0.15) is 0 Å². The van der Waals surface area contributed by atoms with Crippen LogP contribution in [0, 0.1) is 0 Å². The van der Waals surface area contributed by atoms with Crippen molar-refractivity contribution in [2.75, 3.05) is 16.8 Å². The van der Waals surface area contributed by atoms with Crippen molar-refractivity contribution in [2.24, 2.45) is 0 Å². The zero-order valence-corrected chi connectivity index (χ0v) is 13.4. The average Bonchev–Trinajstić information content (AvgIpc) is 2.55. The molecule has 0 fully saturated rings. The van der Waals surface area contributed by atoms with Crippen LogP contribution in [0.5, 0.6) is 0 Å². The number of nitrogens with zero attached hydrogens (tertiary/aromatic N) is 1. The summed E-state index contributed by atoms with van der Waals surface area (Å²) in [5, 5.41) is 2.92. The second-order valence-corrected chi connectivity index (χ2v) is 5.34. The molecular formula is C19H24N2O. The Kier molecular flexibility index (Phi) is 6.01. The number of carbonyl (C=O) groups is 1. The molecule has 116 valence electrons. The van der Waals surface area contributed by atoms with E-state index in [9.17, 15) is 4.79 Å². The number of benzene rings is 2. The minimum absolute atomic E-state index is 0.0758. The van der Waals surface area contributed by atoms with Crippen molar-refractivity contribution in [2.45, 2.75) is 33.2 Å².